The minimum absolute atomic E-state index is 0.189. The summed E-state index contributed by atoms with van der Waals surface area (Å²) in [6.45, 7) is 4.71. The van der Waals surface area contributed by atoms with E-state index in [0.717, 1.165) is 11.8 Å². The van der Waals surface area contributed by atoms with Gasteiger partial charge in [0.25, 0.3) is 0 Å². The van der Waals surface area contributed by atoms with Crippen molar-refractivity contribution in [2.75, 3.05) is 12.8 Å². The van der Waals surface area contributed by atoms with Crippen molar-refractivity contribution < 1.29 is 0 Å². The summed E-state index contributed by atoms with van der Waals surface area (Å²) < 4.78 is 0. The van der Waals surface area contributed by atoms with Crippen LogP contribution in [0.5, 0.6) is 0 Å². The van der Waals surface area contributed by atoms with Crippen molar-refractivity contribution in [1.29, 1.82) is 0 Å². The van der Waals surface area contributed by atoms with Gasteiger partial charge in [0.2, 0.25) is 0 Å². The van der Waals surface area contributed by atoms with Crippen LogP contribution in [0.4, 0.5) is 0 Å². The fraction of sp³-hybridized carbons (Fsp3) is 0.900. The molecular formula is C10H21P. The van der Waals surface area contributed by atoms with Gasteiger partial charge in [-0.2, -0.15) is 0 Å². The SMILES string of the molecule is C=[PH](C)CCC1CCC(C)C1. The third-order valence-electron chi connectivity index (χ3n) is 2.78. The number of hydrogen-bond acceptors (Lipinski definition) is 0. The van der Waals surface area contributed by atoms with Crippen molar-refractivity contribution in [2.45, 2.75) is 32.6 Å². The van der Waals surface area contributed by atoms with Crippen LogP contribution < -0.4 is 0 Å². The van der Waals surface area contributed by atoms with Crippen LogP contribution in [0.2, 0.25) is 0 Å². The van der Waals surface area contributed by atoms with Crippen LogP contribution in [0.25, 0.3) is 0 Å². The van der Waals surface area contributed by atoms with E-state index in [1.807, 2.05) is 0 Å². The van der Waals surface area contributed by atoms with Crippen molar-refractivity contribution in [3.63, 3.8) is 0 Å². The third kappa shape index (κ3) is 3.47. The highest BCUT2D eigenvalue weighted by atomic mass is 31.1. The lowest BCUT2D eigenvalue weighted by Crippen LogP contribution is -1.95. The summed E-state index contributed by atoms with van der Waals surface area (Å²) in [6.07, 6.45) is 11.5. The molecule has 11 heavy (non-hydrogen) atoms. The molecular weight excluding hydrogens is 151 g/mol. The van der Waals surface area contributed by atoms with Gasteiger partial charge in [0, 0.05) is 0 Å². The van der Waals surface area contributed by atoms with Crippen LogP contribution in [0.15, 0.2) is 0 Å². The van der Waals surface area contributed by atoms with Crippen LogP contribution in [0.3, 0.4) is 0 Å². The van der Waals surface area contributed by atoms with Crippen molar-refractivity contribution in [3.05, 3.63) is 0 Å². The van der Waals surface area contributed by atoms with E-state index in [9.17, 15) is 0 Å². The molecule has 1 rings (SSSR count). The van der Waals surface area contributed by atoms with Crippen molar-refractivity contribution in [2.24, 2.45) is 11.8 Å². The molecule has 0 aliphatic heterocycles. The van der Waals surface area contributed by atoms with Crippen LogP contribution in [-0.2, 0) is 0 Å². The molecule has 0 aromatic rings. The summed E-state index contributed by atoms with van der Waals surface area (Å²) in [5, 5.41) is 0. The van der Waals surface area contributed by atoms with Crippen LogP contribution in [0.1, 0.15) is 32.6 Å². The molecule has 0 aromatic carbocycles. The molecule has 0 nitrogen and oxygen atoms in total. The Bertz CT molecular complexity index is 140. The Morgan fingerprint density at radius 1 is 1.45 bits per heavy atom. The van der Waals surface area contributed by atoms with Crippen molar-refractivity contribution >= 4 is 13.8 Å². The fourth-order valence-corrected chi connectivity index (χ4v) is 2.94. The van der Waals surface area contributed by atoms with E-state index in [4.69, 9.17) is 0 Å². The first kappa shape index (κ1) is 9.39. The highest BCUT2D eigenvalue weighted by molar-refractivity contribution is 7.54. The maximum Gasteiger partial charge on any atom is -0.0357 e. The molecule has 3 unspecified atom stereocenters. The van der Waals surface area contributed by atoms with Gasteiger partial charge in [-0.05, 0) is 37.5 Å². The topological polar surface area (TPSA) is 0 Å². The van der Waals surface area contributed by atoms with Gasteiger partial charge in [0.15, 0.2) is 0 Å². The molecule has 0 aromatic heterocycles. The summed E-state index contributed by atoms with van der Waals surface area (Å²) in [4.78, 5) is 0. The largest absolute Gasteiger partial charge is 0.128 e. The Morgan fingerprint density at radius 3 is 2.64 bits per heavy atom. The van der Waals surface area contributed by atoms with E-state index in [1.165, 1.54) is 31.8 Å². The highest BCUT2D eigenvalue weighted by Gasteiger charge is 2.20. The second-order valence-electron chi connectivity index (χ2n) is 4.28. The van der Waals surface area contributed by atoms with E-state index >= 15 is 0 Å². The van der Waals surface area contributed by atoms with Gasteiger partial charge >= 0.3 is 0 Å². The van der Waals surface area contributed by atoms with Crippen LogP contribution in [-0.4, -0.2) is 19.1 Å². The predicted molar refractivity (Wildman–Crippen MR) is 57.3 cm³/mol. The van der Waals surface area contributed by atoms with Gasteiger partial charge in [-0.15, -0.1) is 13.8 Å². The molecule has 0 heterocycles. The van der Waals surface area contributed by atoms with E-state index in [0.29, 0.717) is 0 Å². The van der Waals surface area contributed by atoms with E-state index in [-0.39, 0.29) is 7.55 Å². The molecule has 1 saturated carbocycles. The average Bonchev–Trinajstić information content (AvgIpc) is 2.31. The lowest BCUT2D eigenvalue weighted by Gasteiger charge is -2.08. The number of rotatable bonds is 3. The molecule has 0 N–H and O–H groups in total. The lowest BCUT2D eigenvalue weighted by atomic mass is 10.0. The Hall–Kier alpha value is 0.300. The molecule has 1 aliphatic carbocycles. The summed E-state index contributed by atoms with van der Waals surface area (Å²) >= 11 is 0. The summed E-state index contributed by atoms with van der Waals surface area (Å²) in [6, 6.07) is 0. The normalized spacial score (nSPS) is 34.0. The summed E-state index contributed by atoms with van der Waals surface area (Å²) in [7, 11) is -0.189. The zero-order valence-electron chi connectivity index (χ0n) is 7.90. The molecule has 66 valence electrons. The molecule has 0 spiro atoms. The van der Waals surface area contributed by atoms with Gasteiger partial charge < -0.3 is 0 Å². The highest BCUT2D eigenvalue weighted by Crippen LogP contribution is 2.34. The molecule has 0 saturated heterocycles. The van der Waals surface area contributed by atoms with Crippen LogP contribution in [0, 0.1) is 11.8 Å². The zero-order chi connectivity index (χ0) is 8.27. The Morgan fingerprint density at radius 2 is 2.18 bits per heavy atom. The Kier molecular flexibility index (Phi) is 3.72. The average molecular weight is 172 g/mol. The van der Waals surface area contributed by atoms with Gasteiger partial charge in [0.1, 0.15) is 0 Å². The number of hydrogen-bond donors (Lipinski definition) is 0. The molecule has 1 aliphatic rings. The predicted octanol–water partition coefficient (Wildman–Crippen LogP) is 3.09. The zero-order valence-corrected chi connectivity index (χ0v) is 8.90. The van der Waals surface area contributed by atoms with Crippen molar-refractivity contribution in [3.8, 4) is 0 Å². The van der Waals surface area contributed by atoms with E-state index in [1.54, 1.807) is 0 Å². The standard InChI is InChI=1S/C10H21P/c1-9-4-5-10(8-9)6-7-11(2)3/h9-11H,2,4-8H2,1,3H3. The third-order valence-corrected chi connectivity index (χ3v) is 3.93. The second-order valence-corrected chi connectivity index (χ2v) is 6.69. The minimum atomic E-state index is -0.189. The minimum Gasteiger partial charge on any atom is -0.128 e. The van der Waals surface area contributed by atoms with Gasteiger partial charge in [-0.1, -0.05) is 19.8 Å². The first-order valence-electron chi connectivity index (χ1n) is 4.83. The monoisotopic (exact) mass is 172 g/mol. The Labute approximate surface area is 71.8 Å². The van der Waals surface area contributed by atoms with Crippen LogP contribution >= 0.6 is 7.55 Å². The van der Waals surface area contributed by atoms with Gasteiger partial charge in [-0.3, -0.25) is 0 Å². The van der Waals surface area contributed by atoms with Gasteiger partial charge in [-0.25, -0.2) is 0 Å². The lowest BCUT2D eigenvalue weighted by molar-refractivity contribution is 0.504. The molecule has 1 heteroatoms. The molecule has 0 bridgehead atoms. The summed E-state index contributed by atoms with van der Waals surface area (Å²) in [5.74, 6) is 2.07. The second kappa shape index (κ2) is 4.36. The summed E-state index contributed by atoms with van der Waals surface area (Å²) in [5.41, 5.74) is 0. The van der Waals surface area contributed by atoms with Crippen molar-refractivity contribution in [1.82, 2.24) is 0 Å². The molecule has 0 radical (unpaired) electrons. The molecule has 1 fully saturated rings. The van der Waals surface area contributed by atoms with E-state index < -0.39 is 0 Å². The first-order chi connectivity index (χ1) is 5.18. The van der Waals surface area contributed by atoms with Gasteiger partial charge in [0.05, 0.1) is 0 Å². The quantitative estimate of drug-likeness (QED) is 0.574. The molecule has 0 amide bonds. The maximum absolute atomic E-state index is 4.12. The van der Waals surface area contributed by atoms with E-state index in [2.05, 4.69) is 19.9 Å². The Balaban J connectivity index is 2.13. The molecule has 3 atom stereocenters. The maximum atomic E-state index is 4.12. The smallest absolute Gasteiger partial charge is 0.0357 e. The first-order valence-corrected chi connectivity index (χ1v) is 7.24. The fourth-order valence-electron chi connectivity index (χ4n) is 2.04.